The first-order valence-corrected chi connectivity index (χ1v) is 7.91. The van der Waals surface area contributed by atoms with Gasteiger partial charge in [0, 0.05) is 11.1 Å². The van der Waals surface area contributed by atoms with Gasteiger partial charge in [-0.05, 0) is 50.2 Å². The van der Waals surface area contributed by atoms with E-state index in [1.807, 2.05) is 0 Å². The van der Waals surface area contributed by atoms with E-state index in [0.29, 0.717) is 26.0 Å². The van der Waals surface area contributed by atoms with Gasteiger partial charge in [-0.15, -0.1) is 0 Å². The molecule has 2 aromatic carbocycles. The number of phenolic OH excluding ortho intramolecular Hbond substituents is 2. The van der Waals surface area contributed by atoms with Gasteiger partial charge in [0.1, 0.15) is 23.0 Å². The Morgan fingerprint density at radius 1 is 0.655 bits per heavy atom. The van der Waals surface area contributed by atoms with Gasteiger partial charge >= 0.3 is 12.4 Å². The molecule has 11 heteroatoms. The molecule has 29 heavy (non-hydrogen) atoms. The molecule has 0 fully saturated rings. The van der Waals surface area contributed by atoms with Gasteiger partial charge in [0.15, 0.2) is 11.2 Å². The van der Waals surface area contributed by atoms with E-state index in [-0.39, 0.29) is 11.5 Å². The highest BCUT2D eigenvalue weighted by Gasteiger charge is 2.53. The van der Waals surface area contributed by atoms with E-state index in [9.17, 15) is 46.8 Å². The number of aliphatic hydroxyl groups is 2. The summed E-state index contributed by atoms with van der Waals surface area (Å²) in [5, 5.41) is 38.8. The number of benzene rings is 2. The van der Waals surface area contributed by atoms with Crippen LogP contribution in [-0.4, -0.2) is 32.8 Å². The molecule has 0 saturated heterocycles. The number of halogens is 6. The first kappa shape index (κ1) is 22.6. The summed E-state index contributed by atoms with van der Waals surface area (Å²) in [4.78, 5) is 0. The molecule has 0 radical (unpaired) electrons. The molecule has 2 unspecified atom stereocenters. The summed E-state index contributed by atoms with van der Waals surface area (Å²) in [6.07, 6.45) is -10.3. The summed E-state index contributed by atoms with van der Waals surface area (Å²) in [7, 11) is 0. The first-order chi connectivity index (χ1) is 13.0. The zero-order valence-corrected chi connectivity index (χ0v) is 14.9. The minimum atomic E-state index is -5.14. The van der Waals surface area contributed by atoms with Gasteiger partial charge in [0.25, 0.3) is 0 Å². The van der Waals surface area contributed by atoms with Gasteiger partial charge in [0.05, 0.1) is 0 Å². The van der Waals surface area contributed by atoms with Crippen molar-refractivity contribution >= 4 is 0 Å². The van der Waals surface area contributed by atoms with Gasteiger partial charge in [-0.3, -0.25) is 0 Å². The summed E-state index contributed by atoms with van der Waals surface area (Å²) in [6.45, 7) is 0.816. The average molecular weight is 426 g/mol. The Hall–Kier alpha value is -2.66. The minimum absolute atomic E-state index is 0.356. The Labute approximate surface area is 160 Å². The SMILES string of the molecule is CC(O)(c1cc(Oc2ccc(O)c(C(C)(O)C(F)(F)F)c2)ccc1O)C(F)(F)F. The second-order valence-corrected chi connectivity index (χ2v) is 6.60. The van der Waals surface area contributed by atoms with Crippen LogP contribution in [0.1, 0.15) is 25.0 Å². The number of rotatable bonds is 4. The standard InChI is InChI=1S/C18H16F6O5/c1-15(27,17(19,20)21)11-7-9(3-5-13(11)25)29-10-4-6-14(26)12(8-10)16(2,28)18(22,23)24/h3-8,25-28H,1-2H3. The van der Waals surface area contributed by atoms with E-state index in [1.54, 1.807) is 0 Å². The largest absolute Gasteiger partial charge is 0.508 e. The Bertz CT molecular complexity index is 829. The van der Waals surface area contributed by atoms with Crippen molar-refractivity contribution in [1.29, 1.82) is 0 Å². The number of hydrogen-bond acceptors (Lipinski definition) is 5. The second kappa shape index (κ2) is 6.99. The molecule has 0 aliphatic rings. The summed E-state index contributed by atoms with van der Waals surface area (Å²) in [5.74, 6) is -2.48. The topological polar surface area (TPSA) is 90.2 Å². The van der Waals surface area contributed by atoms with Crippen LogP contribution in [0.25, 0.3) is 0 Å². The van der Waals surface area contributed by atoms with Crippen molar-refractivity contribution in [3.8, 4) is 23.0 Å². The van der Waals surface area contributed by atoms with Crippen LogP contribution >= 0.6 is 0 Å². The highest BCUT2D eigenvalue weighted by atomic mass is 19.4. The Kier molecular flexibility index (Phi) is 5.45. The van der Waals surface area contributed by atoms with Crippen molar-refractivity contribution in [1.82, 2.24) is 0 Å². The van der Waals surface area contributed by atoms with E-state index in [2.05, 4.69) is 0 Å². The Morgan fingerprint density at radius 2 is 0.966 bits per heavy atom. The molecule has 2 rings (SSSR count). The van der Waals surface area contributed by atoms with Crippen molar-refractivity contribution in [3.05, 3.63) is 47.5 Å². The smallest absolute Gasteiger partial charge is 0.421 e. The van der Waals surface area contributed by atoms with Crippen molar-refractivity contribution in [2.45, 2.75) is 37.4 Å². The molecular formula is C18H16F6O5. The molecule has 160 valence electrons. The summed E-state index contributed by atoms with van der Waals surface area (Å²) in [5.41, 5.74) is -8.75. The normalized spacial score (nSPS) is 16.8. The van der Waals surface area contributed by atoms with Crippen LogP contribution in [0.4, 0.5) is 26.3 Å². The lowest BCUT2D eigenvalue weighted by molar-refractivity contribution is -0.259. The van der Waals surface area contributed by atoms with E-state index in [1.165, 1.54) is 0 Å². The van der Waals surface area contributed by atoms with Gasteiger partial charge < -0.3 is 25.2 Å². The molecular weight excluding hydrogens is 410 g/mol. The maximum Gasteiger partial charge on any atom is 0.421 e. The van der Waals surface area contributed by atoms with E-state index >= 15 is 0 Å². The summed E-state index contributed by atoms with van der Waals surface area (Å²) in [6, 6.07) is 4.96. The maximum atomic E-state index is 13.0. The van der Waals surface area contributed by atoms with Crippen LogP contribution in [0.15, 0.2) is 36.4 Å². The molecule has 0 amide bonds. The van der Waals surface area contributed by atoms with Crippen molar-refractivity contribution in [3.63, 3.8) is 0 Å². The number of hydrogen-bond donors (Lipinski definition) is 4. The van der Waals surface area contributed by atoms with E-state index < -0.39 is 46.2 Å². The lowest BCUT2D eigenvalue weighted by Gasteiger charge is -2.28. The van der Waals surface area contributed by atoms with Crippen LogP contribution < -0.4 is 4.74 Å². The maximum absolute atomic E-state index is 13.0. The third-order valence-electron chi connectivity index (χ3n) is 4.32. The number of alkyl halides is 6. The van der Waals surface area contributed by atoms with Crippen LogP contribution in [-0.2, 0) is 11.2 Å². The zero-order chi connectivity index (χ0) is 22.4. The fourth-order valence-corrected chi connectivity index (χ4v) is 2.38. The molecule has 2 atom stereocenters. The fraction of sp³-hybridized carbons (Fsp3) is 0.333. The molecule has 5 nitrogen and oxygen atoms in total. The number of aromatic hydroxyl groups is 2. The molecule has 0 saturated carbocycles. The monoisotopic (exact) mass is 426 g/mol. The van der Waals surface area contributed by atoms with Crippen LogP contribution in [0.5, 0.6) is 23.0 Å². The second-order valence-electron chi connectivity index (χ2n) is 6.60. The lowest BCUT2D eigenvalue weighted by Crippen LogP contribution is -2.39. The summed E-state index contributed by atoms with van der Waals surface area (Å²) >= 11 is 0. The molecule has 0 heterocycles. The average Bonchev–Trinajstić information content (AvgIpc) is 2.56. The molecule has 0 bridgehead atoms. The first-order valence-electron chi connectivity index (χ1n) is 7.91. The Balaban J connectivity index is 2.47. The van der Waals surface area contributed by atoms with Gasteiger partial charge in [-0.1, -0.05) is 0 Å². The van der Waals surface area contributed by atoms with E-state index in [0.717, 1.165) is 24.3 Å². The van der Waals surface area contributed by atoms with Gasteiger partial charge in [0.2, 0.25) is 0 Å². The van der Waals surface area contributed by atoms with Crippen LogP contribution in [0, 0.1) is 0 Å². The summed E-state index contributed by atoms with van der Waals surface area (Å²) < 4.78 is 83.4. The highest BCUT2D eigenvalue weighted by molar-refractivity contribution is 5.47. The van der Waals surface area contributed by atoms with E-state index in [4.69, 9.17) is 4.74 Å². The molecule has 0 aromatic heterocycles. The minimum Gasteiger partial charge on any atom is -0.508 e. The van der Waals surface area contributed by atoms with Crippen molar-refractivity contribution < 1.29 is 51.5 Å². The van der Waals surface area contributed by atoms with Gasteiger partial charge in [-0.2, -0.15) is 26.3 Å². The quantitative estimate of drug-likeness (QED) is 0.544. The third-order valence-corrected chi connectivity index (χ3v) is 4.32. The van der Waals surface area contributed by atoms with Gasteiger partial charge in [-0.25, -0.2) is 0 Å². The number of ether oxygens (including phenoxy) is 1. The molecule has 0 aliphatic carbocycles. The lowest BCUT2D eigenvalue weighted by atomic mass is 9.94. The third kappa shape index (κ3) is 4.20. The Morgan fingerprint density at radius 3 is 1.24 bits per heavy atom. The van der Waals surface area contributed by atoms with Crippen LogP contribution in [0.2, 0.25) is 0 Å². The molecule has 2 aromatic rings. The predicted octanol–water partition coefficient (Wildman–Crippen LogP) is 4.43. The van der Waals surface area contributed by atoms with Crippen molar-refractivity contribution in [2.75, 3.05) is 0 Å². The molecule has 0 spiro atoms. The van der Waals surface area contributed by atoms with Crippen molar-refractivity contribution in [2.24, 2.45) is 0 Å². The number of phenols is 2. The molecule has 0 aliphatic heterocycles. The predicted molar refractivity (Wildman–Crippen MR) is 87.5 cm³/mol. The fourth-order valence-electron chi connectivity index (χ4n) is 2.38. The molecule has 4 N–H and O–H groups in total. The zero-order valence-electron chi connectivity index (χ0n) is 14.9. The van der Waals surface area contributed by atoms with Crippen LogP contribution in [0.3, 0.4) is 0 Å². The highest BCUT2D eigenvalue weighted by Crippen LogP contribution is 2.45.